The third-order valence-corrected chi connectivity index (χ3v) is 18.3. The Labute approximate surface area is 532 Å². The SMILES string of the molecule is CC(C)(C)OC(=O)N1CCC(Oc2ccc(-c3cc(F)c4c(c3)C(=O)N(C(C(=O)Nc3nccs3)c3ncn5c3CCC5)C4)cc2)CC1.Cl.O=C(Nc1nccs1)C(c1ncn2c1CCC2)N1Cc2c(F)cc(-c3ccc(OC4CCNCC4)cc3)cc2C1=O. The monoisotopic (exact) mass is 1280 g/mol. The lowest BCUT2D eigenvalue weighted by Gasteiger charge is -2.33. The number of carbonyl (C=O) groups excluding carboxylic acids is 5. The number of nitrogens with zero attached hydrogens (tertiary/aromatic N) is 9. The number of aryl methyl sites for hydroxylation is 2. The lowest BCUT2D eigenvalue weighted by molar-refractivity contribution is -0.121. The number of amides is 5. The zero-order chi connectivity index (χ0) is 61.5. The molecule has 5 amide bonds. The fraction of sp³-hybridized carbons (Fsp3) is 0.369. The van der Waals surface area contributed by atoms with Crippen LogP contribution in [0.2, 0.25) is 0 Å². The first-order chi connectivity index (χ1) is 43.1. The number of imidazole rings is 2. The van der Waals surface area contributed by atoms with Gasteiger partial charge in [0.2, 0.25) is 0 Å². The Morgan fingerprint density at radius 1 is 0.611 bits per heavy atom. The van der Waals surface area contributed by atoms with Crippen molar-refractivity contribution in [2.75, 3.05) is 36.8 Å². The Morgan fingerprint density at radius 2 is 1.06 bits per heavy atom. The smallest absolute Gasteiger partial charge is 0.410 e. The number of aromatic nitrogens is 6. The summed E-state index contributed by atoms with van der Waals surface area (Å²) in [7, 11) is 0. The maximum Gasteiger partial charge on any atom is 0.410 e. The normalized spacial score (nSPS) is 16.9. The van der Waals surface area contributed by atoms with Gasteiger partial charge in [0.15, 0.2) is 22.3 Å². The standard InChI is InChI=1S/C35H37FN6O5S.C30H29FN6O3S.ClH/c1-35(2,3)47-34(45)40-14-10-24(11-15-40)46-23-8-6-21(7-9-23)22-17-25-26(27(36)18-22)19-42(32(25)44)30(31(43)39-33-37-12-16-48-33)29-28-5-4-13-41(28)20-38-29;31-24-15-19(18-3-5-20(6-4-18)40-21-7-9-32-10-8-21)14-22-23(24)16-37(29(22)39)27(28(38)35-30-33-11-13-41-30)26-25-2-1-12-36(25)17-34-26;/h6-9,12,16-18,20,24,30H,4-5,10-11,13-15,19H2,1-3H3,(H,37,39,43);3-6,11,13-15,17,21,27,32H,1-2,7-10,12,16H2,(H,33,35,38);1H. The minimum atomic E-state index is -1.04. The van der Waals surface area contributed by atoms with Crippen LogP contribution in [-0.4, -0.2) is 117 Å². The van der Waals surface area contributed by atoms with Gasteiger partial charge in [-0.1, -0.05) is 24.3 Å². The second kappa shape index (κ2) is 26.1. The molecule has 20 nitrogen and oxygen atoms in total. The third-order valence-electron chi connectivity index (χ3n) is 16.9. The van der Waals surface area contributed by atoms with E-state index in [9.17, 15) is 24.0 Å². The molecule has 468 valence electrons. The maximum absolute atomic E-state index is 15.7. The highest BCUT2D eigenvalue weighted by Crippen LogP contribution is 2.41. The first-order valence-corrected chi connectivity index (χ1v) is 31.8. The molecule has 0 saturated carbocycles. The van der Waals surface area contributed by atoms with Gasteiger partial charge < -0.3 is 43.4 Å². The Morgan fingerprint density at radius 3 is 1.48 bits per heavy atom. The van der Waals surface area contributed by atoms with E-state index >= 15 is 8.78 Å². The van der Waals surface area contributed by atoms with Crippen molar-refractivity contribution in [3.05, 3.63) is 165 Å². The molecule has 4 aromatic heterocycles. The molecule has 10 heterocycles. The summed E-state index contributed by atoms with van der Waals surface area (Å²) in [6, 6.07) is 19.1. The van der Waals surface area contributed by atoms with Gasteiger partial charge in [-0.25, -0.2) is 33.5 Å². The zero-order valence-corrected chi connectivity index (χ0v) is 52.2. The highest BCUT2D eigenvalue weighted by atomic mass is 35.5. The number of piperidine rings is 2. The maximum atomic E-state index is 15.7. The number of nitrogens with one attached hydrogen (secondary N) is 3. The Hall–Kier alpha value is -8.58. The van der Waals surface area contributed by atoms with E-state index in [1.807, 2.05) is 78.4 Å². The molecule has 0 bridgehead atoms. The topological polar surface area (TPSA) is 220 Å². The average Bonchev–Trinajstić information content (AvgIpc) is 1.61. The van der Waals surface area contributed by atoms with Crippen molar-refractivity contribution in [3.63, 3.8) is 0 Å². The first kappa shape index (κ1) is 61.6. The summed E-state index contributed by atoms with van der Waals surface area (Å²) in [4.78, 5) is 89.5. The second-order valence-electron chi connectivity index (χ2n) is 23.9. The summed E-state index contributed by atoms with van der Waals surface area (Å²) in [5.74, 6) is -1.23. The van der Waals surface area contributed by atoms with E-state index in [1.54, 1.807) is 52.8 Å². The van der Waals surface area contributed by atoms with Crippen molar-refractivity contribution in [2.24, 2.45) is 0 Å². The lowest BCUT2D eigenvalue weighted by atomic mass is 9.99. The van der Waals surface area contributed by atoms with Gasteiger partial charge >= 0.3 is 6.09 Å². The molecule has 6 aliphatic rings. The fourth-order valence-electron chi connectivity index (χ4n) is 12.6. The number of rotatable bonds is 14. The summed E-state index contributed by atoms with van der Waals surface area (Å²) < 4.78 is 53.1. The molecule has 8 aromatic rings. The number of ether oxygens (including phenoxy) is 3. The largest absolute Gasteiger partial charge is 0.490 e. The molecule has 0 spiro atoms. The van der Waals surface area contributed by atoms with Gasteiger partial charge in [-0.3, -0.25) is 29.8 Å². The lowest BCUT2D eigenvalue weighted by Crippen LogP contribution is -2.44. The number of fused-ring (bicyclic) bond motifs is 4. The molecule has 14 rings (SSSR count). The second-order valence-corrected chi connectivity index (χ2v) is 25.7. The van der Waals surface area contributed by atoms with E-state index in [1.165, 1.54) is 44.6 Å². The Balaban J connectivity index is 0.000000174. The number of anilines is 2. The van der Waals surface area contributed by atoms with Gasteiger partial charge in [-0.05, 0) is 143 Å². The van der Waals surface area contributed by atoms with Crippen LogP contribution in [0.25, 0.3) is 22.3 Å². The molecule has 0 aliphatic carbocycles. The fourth-order valence-corrected chi connectivity index (χ4v) is 13.6. The number of carbonyl (C=O) groups is 5. The molecule has 6 aliphatic heterocycles. The van der Waals surface area contributed by atoms with E-state index in [0.29, 0.717) is 64.5 Å². The molecule has 2 unspecified atom stereocenters. The van der Waals surface area contributed by atoms with Crippen molar-refractivity contribution in [1.82, 2.24) is 49.1 Å². The molecule has 4 aromatic carbocycles. The number of hydrogen-bond donors (Lipinski definition) is 3. The van der Waals surface area contributed by atoms with E-state index in [4.69, 9.17) is 14.2 Å². The highest BCUT2D eigenvalue weighted by molar-refractivity contribution is 7.14. The minimum Gasteiger partial charge on any atom is -0.490 e. The van der Waals surface area contributed by atoms with Crippen molar-refractivity contribution in [3.8, 4) is 33.8 Å². The Bertz CT molecular complexity index is 3960. The van der Waals surface area contributed by atoms with Crippen molar-refractivity contribution < 1.29 is 47.0 Å². The average molecular weight is 1280 g/mol. The molecule has 2 atom stereocenters. The minimum absolute atomic E-state index is 0. The van der Waals surface area contributed by atoms with Crippen molar-refractivity contribution in [1.29, 1.82) is 0 Å². The molecule has 0 radical (unpaired) electrons. The predicted octanol–water partition coefficient (Wildman–Crippen LogP) is 11.2. The molecular formula is C65H67ClF2N12O8S2. The van der Waals surface area contributed by atoms with Crippen LogP contribution >= 0.6 is 35.1 Å². The number of hydrogen-bond acceptors (Lipinski definition) is 15. The zero-order valence-electron chi connectivity index (χ0n) is 49.8. The summed E-state index contributed by atoms with van der Waals surface area (Å²) in [6.45, 7) is 10.1. The van der Waals surface area contributed by atoms with Crippen molar-refractivity contribution >= 4 is 75.1 Å². The van der Waals surface area contributed by atoms with Crippen LogP contribution in [0.15, 0.2) is 109 Å². The third kappa shape index (κ3) is 12.9. The summed E-state index contributed by atoms with van der Waals surface area (Å²) >= 11 is 2.57. The quantitative estimate of drug-likeness (QED) is 0.0923. The van der Waals surface area contributed by atoms with Crippen molar-refractivity contribution in [2.45, 2.75) is 128 Å². The van der Waals surface area contributed by atoms with Crippen LogP contribution in [0.3, 0.4) is 0 Å². The summed E-state index contributed by atoms with van der Waals surface area (Å²) in [6.07, 6.45) is 13.1. The van der Waals surface area contributed by atoms with Crippen LogP contribution in [0, 0.1) is 11.6 Å². The number of likely N-dealkylation sites (tertiary alicyclic amines) is 1. The highest BCUT2D eigenvalue weighted by Gasteiger charge is 2.44. The molecule has 2 fully saturated rings. The number of thiazole rings is 2. The molecule has 25 heteroatoms. The Kier molecular flexibility index (Phi) is 17.9. The number of halogens is 3. The summed E-state index contributed by atoms with van der Waals surface area (Å²) in [5, 5.41) is 13.3. The van der Waals surface area contributed by atoms with Crippen LogP contribution in [-0.2, 0) is 53.3 Å². The molecule has 3 N–H and O–H groups in total. The van der Waals surface area contributed by atoms with Crippen LogP contribution in [0.5, 0.6) is 11.5 Å². The predicted molar refractivity (Wildman–Crippen MR) is 337 cm³/mol. The van der Waals surface area contributed by atoms with Crippen LogP contribution in [0.4, 0.5) is 23.8 Å². The molecule has 2 saturated heterocycles. The van der Waals surface area contributed by atoms with Gasteiger partial charge in [0.25, 0.3) is 23.6 Å². The molecular weight excluding hydrogens is 1210 g/mol. The van der Waals surface area contributed by atoms with Gasteiger partial charge in [-0.15, -0.1) is 35.1 Å². The first-order valence-electron chi connectivity index (χ1n) is 30.1. The van der Waals surface area contributed by atoms with Gasteiger partial charge in [0, 0.05) is 95.8 Å². The van der Waals surface area contributed by atoms with Crippen LogP contribution < -0.4 is 25.4 Å². The molecule has 90 heavy (non-hydrogen) atoms. The van der Waals surface area contributed by atoms with E-state index < -0.39 is 52.9 Å². The van der Waals surface area contributed by atoms with E-state index in [-0.39, 0.29) is 66.1 Å². The van der Waals surface area contributed by atoms with E-state index in [2.05, 4.69) is 35.9 Å². The van der Waals surface area contributed by atoms with Gasteiger partial charge in [0.1, 0.15) is 40.9 Å². The van der Waals surface area contributed by atoms with Crippen LogP contribution in [0.1, 0.15) is 126 Å². The van der Waals surface area contributed by atoms with E-state index in [0.717, 1.165) is 93.0 Å². The number of benzene rings is 4. The van der Waals surface area contributed by atoms with Gasteiger partial charge in [-0.2, -0.15) is 0 Å². The summed E-state index contributed by atoms with van der Waals surface area (Å²) in [5.41, 5.74) is 6.01. The van der Waals surface area contributed by atoms with Gasteiger partial charge in [0.05, 0.1) is 37.1 Å².